The summed E-state index contributed by atoms with van der Waals surface area (Å²) in [5, 5.41) is 9.17. The number of methoxy groups -OCH3 is 2. The van der Waals surface area contributed by atoms with Gasteiger partial charge in [-0.25, -0.2) is 4.90 Å². The van der Waals surface area contributed by atoms with E-state index in [0.717, 1.165) is 4.90 Å². The minimum atomic E-state index is -0.430. The Morgan fingerprint density at radius 1 is 1.00 bits per heavy atom. The van der Waals surface area contributed by atoms with Gasteiger partial charge in [0.15, 0.2) is 0 Å². The number of ether oxygens (including phenoxy) is 2. The van der Waals surface area contributed by atoms with E-state index in [0.29, 0.717) is 39.0 Å². The van der Waals surface area contributed by atoms with Crippen molar-refractivity contribution in [2.75, 3.05) is 31.5 Å². The molecule has 7 heteroatoms. The molecule has 27 heavy (non-hydrogen) atoms. The molecule has 1 N–H and O–H groups in total. The van der Waals surface area contributed by atoms with Crippen molar-refractivity contribution in [1.82, 2.24) is 0 Å². The van der Waals surface area contributed by atoms with Gasteiger partial charge in [-0.05, 0) is 17.7 Å². The van der Waals surface area contributed by atoms with E-state index in [4.69, 9.17) is 9.47 Å². The number of benzene rings is 2. The first-order valence-electron chi connectivity index (χ1n) is 8.26. The molecule has 2 aromatic rings. The van der Waals surface area contributed by atoms with Crippen molar-refractivity contribution in [1.29, 1.82) is 0 Å². The van der Waals surface area contributed by atoms with Crippen LogP contribution in [0.15, 0.2) is 53.4 Å². The van der Waals surface area contributed by atoms with Crippen molar-refractivity contribution in [3.05, 3.63) is 59.0 Å². The maximum Gasteiger partial charge on any atom is 0.272 e. The van der Waals surface area contributed by atoms with E-state index in [1.165, 1.54) is 26.0 Å². The van der Waals surface area contributed by atoms with Crippen molar-refractivity contribution >= 4 is 34.8 Å². The van der Waals surface area contributed by atoms with E-state index in [2.05, 4.69) is 0 Å². The molecule has 6 nitrogen and oxygen atoms in total. The zero-order valence-corrected chi connectivity index (χ0v) is 15.8. The smallest absolute Gasteiger partial charge is 0.272 e. The third-order valence-corrected chi connectivity index (χ3v) is 5.12. The van der Waals surface area contributed by atoms with E-state index in [-0.39, 0.29) is 6.61 Å². The highest BCUT2D eigenvalue weighted by Gasteiger charge is 2.41. The lowest BCUT2D eigenvalue weighted by Gasteiger charge is -2.19. The van der Waals surface area contributed by atoms with Gasteiger partial charge >= 0.3 is 0 Å². The fraction of sp³-hybridized carbons (Fsp3) is 0.200. The normalized spacial score (nSPS) is 14.1. The number of aliphatic hydroxyl groups excluding tert-OH is 1. The second kappa shape index (κ2) is 8.28. The van der Waals surface area contributed by atoms with Gasteiger partial charge in [-0.2, -0.15) is 0 Å². The number of aliphatic hydroxyl groups is 1. The SMILES string of the molecule is COc1ccc(N2C(=O)C(SCCO)=C(c3ccccc3)C2=O)c(OC)c1. The average Bonchev–Trinajstić information content (AvgIpc) is 2.96. The highest BCUT2D eigenvalue weighted by Crippen LogP contribution is 2.42. The molecule has 0 atom stereocenters. The second-order valence-corrected chi connectivity index (χ2v) is 6.73. The second-order valence-electron chi connectivity index (χ2n) is 5.63. The molecule has 140 valence electrons. The van der Waals surface area contributed by atoms with Gasteiger partial charge in [0.05, 0.1) is 37.0 Å². The Morgan fingerprint density at radius 3 is 2.37 bits per heavy atom. The summed E-state index contributed by atoms with van der Waals surface area (Å²) in [7, 11) is 3.00. The highest BCUT2D eigenvalue weighted by molar-refractivity contribution is 8.04. The largest absolute Gasteiger partial charge is 0.497 e. The number of hydrogen-bond acceptors (Lipinski definition) is 6. The predicted molar refractivity (Wildman–Crippen MR) is 105 cm³/mol. The van der Waals surface area contributed by atoms with E-state index >= 15 is 0 Å². The number of carbonyl (C=O) groups excluding carboxylic acids is 2. The first kappa shape index (κ1) is 19.0. The molecular weight excluding hydrogens is 366 g/mol. The first-order valence-corrected chi connectivity index (χ1v) is 9.25. The lowest BCUT2D eigenvalue weighted by atomic mass is 10.1. The number of carbonyl (C=O) groups is 2. The predicted octanol–water partition coefficient (Wildman–Crippen LogP) is 2.71. The summed E-state index contributed by atoms with van der Waals surface area (Å²) >= 11 is 1.17. The van der Waals surface area contributed by atoms with E-state index in [1.54, 1.807) is 30.3 Å². The Morgan fingerprint density at radius 2 is 1.74 bits per heavy atom. The quantitative estimate of drug-likeness (QED) is 0.739. The third-order valence-electron chi connectivity index (χ3n) is 4.07. The summed E-state index contributed by atoms with van der Waals surface area (Å²) in [5.41, 5.74) is 1.34. The van der Waals surface area contributed by atoms with Crippen LogP contribution in [0.2, 0.25) is 0 Å². The van der Waals surface area contributed by atoms with Crippen LogP contribution in [0.1, 0.15) is 5.56 Å². The number of amides is 2. The summed E-state index contributed by atoms with van der Waals surface area (Å²) in [6, 6.07) is 13.9. The number of nitrogens with zero attached hydrogens (tertiary/aromatic N) is 1. The van der Waals surface area contributed by atoms with Gasteiger partial charge in [0, 0.05) is 11.8 Å². The molecule has 2 amide bonds. The Labute approximate surface area is 161 Å². The van der Waals surface area contributed by atoms with Gasteiger partial charge < -0.3 is 14.6 Å². The van der Waals surface area contributed by atoms with E-state index in [9.17, 15) is 14.7 Å². The maximum atomic E-state index is 13.2. The Bertz CT molecular complexity index is 895. The Balaban J connectivity index is 2.09. The molecule has 0 bridgehead atoms. The number of rotatable bonds is 7. The molecule has 0 saturated heterocycles. The molecule has 0 aliphatic carbocycles. The molecule has 0 saturated carbocycles. The molecule has 2 aromatic carbocycles. The van der Waals surface area contributed by atoms with Crippen LogP contribution in [0.5, 0.6) is 11.5 Å². The van der Waals surface area contributed by atoms with E-state index in [1.807, 2.05) is 18.2 Å². The molecular formula is C20H19NO5S. The van der Waals surface area contributed by atoms with Crippen LogP contribution >= 0.6 is 11.8 Å². The standard InChI is InChI=1S/C20H19NO5S/c1-25-14-8-9-15(16(12-14)26-2)21-19(23)17(13-6-4-3-5-7-13)18(20(21)24)27-11-10-22/h3-9,12,22H,10-11H2,1-2H3. The van der Waals surface area contributed by atoms with E-state index < -0.39 is 11.8 Å². The summed E-state index contributed by atoms with van der Waals surface area (Å²) < 4.78 is 10.5. The lowest BCUT2D eigenvalue weighted by molar-refractivity contribution is -0.119. The van der Waals surface area contributed by atoms with Crippen molar-refractivity contribution in [2.45, 2.75) is 0 Å². The Kier molecular flexibility index (Phi) is 5.83. The van der Waals surface area contributed by atoms with Crippen LogP contribution in [0.4, 0.5) is 5.69 Å². The molecule has 3 rings (SSSR count). The molecule has 1 heterocycles. The van der Waals surface area contributed by atoms with Crippen LogP contribution in [0.25, 0.3) is 5.57 Å². The summed E-state index contributed by atoms with van der Waals surface area (Å²) in [5.74, 6) is 0.381. The maximum absolute atomic E-state index is 13.2. The monoisotopic (exact) mass is 385 g/mol. The summed E-state index contributed by atoms with van der Waals surface area (Å²) in [6.07, 6.45) is 0. The zero-order valence-electron chi connectivity index (χ0n) is 15.0. The first-order chi connectivity index (χ1) is 13.1. The summed E-state index contributed by atoms with van der Waals surface area (Å²) in [4.78, 5) is 27.7. The van der Waals surface area contributed by atoms with Crippen LogP contribution in [-0.2, 0) is 9.59 Å². The highest BCUT2D eigenvalue weighted by atomic mass is 32.2. The van der Waals surface area contributed by atoms with Gasteiger partial charge in [0.1, 0.15) is 11.5 Å². The van der Waals surface area contributed by atoms with Crippen LogP contribution in [0.3, 0.4) is 0 Å². The molecule has 0 unspecified atom stereocenters. The number of anilines is 1. The molecule has 0 fully saturated rings. The molecule has 1 aliphatic rings. The molecule has 0 spiro atoms. The Hall–Kier alpha value is -2.77. The lowest BCUT2D eigenvalue weighted by Crippen LogP contribution is -2.31. The topological polar surface area (TPSA) is 76.1 Å². The number of hydrogen-bond donors (Lipinski definition) is 1. The van der Waals surface area contributed by atoms with Crippen molar-refractivity contribution < 1.29 is 24.2 Å². The van der Waals surface area contributed by atoms with Gasteiger partial charge in [-0.3, -0.25) is 9.59 Å². The minimum absolute atomic E-state index is 0.0937. The van der Waals surface area contributed by atoms with Crippen molar-refractivity contribution in [2.24, 2.45) is 0 Å². The fourth-order valence-corrected chi connectivity index (χ4v) is 3.70. The van der Waals surface area contributed by atoms with Gasteiger partial charge in [0.2, 0.25) is 0 Å². The van der Waals surface area contributed by atoms with Crippen molar-refractivity contribution in [3.8, 4) is 11.5 Å². The zero-order chi connectivity index (χ0) is 19.4. The van der Waals surface area contributed by atoms with Crippen LogP contribution in [0, 0.1) is 0 Å². The minimum Gasteiger partial charge on any atom is -0.497 e. The van der Waals surface area contributed by atoms with Crippen LogP contribution < -0.4 is 14.4 Å². The van der Waals surface area contributed by atoms with Crippen LogP contribution in [-0.4, -0.2) is 43.5 Å². The number of thioether (sulfide) groups is 1. The molecule has 0 radical (unpaired) electrons. The molecule has 0 aromatic heterocycles. The number of imide groups is 1. The fourth-order valence-electron chi connectivity index (χ4n) is 2.84. The average molecular weight is 385 g/mol. The van der Waals surface area contributed by atoms with Gasteiger partial charge in [-0.1, -0.05) is 30.3 Å². The molecule has 1 aliphatic heterocycles. The van der Waals surface area contributed by atoms with Gasteiger partial charge in [-0.15, -0.1) is 11.8 Å². The summed E-state index contributed by atoms with van der Waals surface area (Å²) in [6.45, 7) is -0.0937. The van der Waals surface area contributed by atoms with Gasteiger partial charge in [0.25, 0.3) is 11.8 Å². The third kappa shape index (κ3) is 3.56. The van der Waals surface area contributed by atoms with Crippen molar-refractivity contribution in [3.63, 3.8) is 0 Å².